The fraction of sp³-hybridized carbons (Fsp3) is 0.476. The summed E-state index contributed by atoms with van der Waals surface area (Å²) in [6.45, 7) is 4.68. The molecule has 92 heavy (non-hydrogen) atoms. The van der Waals surface area contributed by atoms with Crippen LogP contribution >= 0.6 is 11.6 Å². The number of carboxylic acids is 1. The number of aryl methyl sites for hydroxylation is 1. The summed E-state index contributed by atoms with van der Waals surface area (Å²) in [5.74, 6) is -10.4. The van der Waals surface area contributed by atoms with Crippen LogP contribution in [0.15, 0.2) is 102 Å². The summed E-state index contributed by atoms with van der Waals surface area (Å²) >= 11 is 6.48. The third kappa shape index (κ3) is 21.6. The van der Waals surface area contributed by atoms with E-state index >= 15 is 0 Å². The van der Waals surface area contributed by atoms with Crippen molar-refractivity contribution in [2.75, 3.05) is 26.7 Å². The number of amides is 7. The van der Waals surface area contributed by atoms with Crippen LogP contribution in [0.25, 0.3) is 0 Å². The Bertz CT molecular complexity index is 3310. The highest BCUT2D eigenvalue weighted by molar-refractivity contribution is 6.32. The molecule has 3 aromatic carbocycles. The molecule has 4 heterocycles. The molecule has 29 heteroatoms. The summed E-state index contributed by atoms with van der Waals surface area (Å²) in [7, 11) is 1.46. The van der Waals surface area contributed by atoms with Gasteiger partial charge in [-0.2, -0.15) is 0 Å². The van der Waals surface area contributed by atoms with Crippen molar-refractivity contribution < 1.29 is 72.0 Å². The summed E-state index contributed by atoms with van der Waals surface area (Å²) in [5.41, 5.74) is 13.3. The number of ether oxygens (including phenoxy) is 4. The number of halogens is 1. The monoisotopic (exact) mass is 1290 g/mol. The van der Waals surface area contributed by atoms with Crippen molar-refractivity contribution in [3.05, 3.63) is 125 Å². The first kappa shape index (κ1) is 70.0. The zero-order valence-electron chi connectivity index (χ0n) is 51.5. The van der Waals surface area contributed by atoms with Crippen LogP contribution in [0, 0.1) is 17.8 Å². The molecule has 0 spiro atoms. The van der Waals surface area contributed by atoms with E-state index in [4.69, 9.17) is 42.0 Å². The summed E-state index contributed by atoms with van der Waals surface area (Å²) in [6, 6.07) is 15.8. The lowest BCUT2D eigenvalue weighted by Crippen LogP contribution is -2.58. The summed E-state index contributed by atoms with van der Waals surface area (Å²) < 4.78 is 25.1. The average molecular weight is 1290 g/mol. The summed E-state index contributed by atoms with van der Waals surface area (Å²) in [6.07, 6.45) is 0.549. The maximum Gasteiger partial charge on any atom is 0.347 e. The van der Waals surface area contributed by atoms with Gasteiger partial charge >= 0.3 is 17.9 Å². The smallest absolute Gasteiger partial charge is 0.347 e. The van der Waals surface area contributed by atoms with Gasteiger partial charge in [-0.1, -0.05) is 110 Å². The van der Waals surface area contributed by atoms with Gasteiger partial charge in [-0.25, -0.2) is 4.79 Å². The molecule has 0 radical (unpaired) electrons. The van der Waals surface area contributed by atoms with Gasteiger partial charge in [0.25, 0.3) is 0 Å². The number of benzene rings is 3. The number of epoxide rings is 1. The van der Waals surface area contributed by atoms with Crippen molar-refractivity contribution >= 4 is 76.8 Å². The van der Waals surface area contributed by atoms with Crippen LogP contribution in [0.1, 0.15) is 94.2 Å². The van der Waals surface area contributed by atoms with Crippen molar-refractivity contribution in [2.24, 2.45) is 34.2 Å². The van der Waals surface area contributed by atoms with Crippen molar-refractivity contribution in [1.82, 2.24) is 52.2 Å². The number of nitrogens with zero attached hydrogens (tertiary/aromatic N) is 4. The van der Waals surface area contributed by atoms with E-state index in [0.29, 0.717) is 16.9 Å². The van der Waals surface area contributed by atoms with Gasteiger partial charge in [0, 0.05) is 57.4 Å². The molecule has 0 aliphatic carbocycles. The number of carbonyl (C=O) groups excluding carboxylic acids is 9. The number of esters is 2. The Morgan fingerprint density at radius 1 is 0.750 bits per heavy atom. The first-order chi connectivity index (χ1) is 44.0. The topological polar surface area (TPSA) is 410 Å². The minimum atomic E-state index is -1.69. The molecule has 2 fully saturated rings. The fourth-order valence-electron chi connectivity index (χ4n) is 10.6. The van der Waals surface area contributed by atoms with Crippen molar-refractivity contribution in [2.45, 2.75) is 146 Å². The zero-order chi connectivity index (χ0) is 66.4. The number of carbonyl (C=O) groups is 10. The number of nitrogens with two attached hydrogens (primary N) is 2. The van der Waals surface area contributed by atoms with Crippen molar-refractivity contribution in [1.29, 1.82) is 0 Å². The van der Waals surface area contributed by atoms with Gasteiger partial charge < -0.3 is 72.7 Å². The molecule has 4 aromatic rings. The number of aromatic nitrogens is 3. The first-order valence-electron chi connectivity index (χ1n) is 30.4. The number of hydrogen-bond donors (Lipinski definition) is 10. The molecular weight excluding hydrogens is 1210 g/mol. The number of nitrogens with one attached hydrogen (secondary N) is 7. The highest BCUT2D eigenvalue weighted by Gasteiger charge is 2.48. The Morgan fingerprint density at radius 3 is 2.08 bits per heavy atom. The Hall–Kier alpha value is -9.44. The molecule has 11 atom stereocenters. The minimum Gasteiger partial charge on any atom is -0.495 e. The molecule has 3 aliphatic heterocycles. The Balaban J connectivity index is 1.14. The molecule has 494 valence electrons. The van der Waals surface area contributed by atoms with Gasteiger partial charge in [0.05, 0.1) is 42.8 Å². The molecule has 0 unspecified atom stereocenters. The predicted octanol–water partition coefficient (Wildman–Crippen LogP) is 1.17. The van der Waals surface area contributed by atoms with E-state index < -0.39 is 126 Å². The number of guanidine groups is 1. The van der Waals surface area contributed by atoms with Gasteiger partial charge in [-0.05, 0) is 72.9 Å². The van der Waals surface area contributed by atoms with Crippen LogP contribution in [-0.2, 0) is 88.0 Å². The second kappa shape index (κ2) is 34.1. The normalized spacial score (nSPS) is 24.7. The lowest BCUT2D eigenvalue weighted by Gasteiger charge is -2.27. The third-order valence-corrected chi connectivity index (χ3v) is 15.8. The fourth-order valence-corrected chi connectivity index (χ4v) is 10.9. The van der Waals surface area contributed by atoms with E-state index in [9.17, 15) is 53.1 Å². The second-order valence-corrected chi connectivity index (χ2v) is 23.6. The zero-order valence-corrected chi connectivity index (χ0v) is 52.3. The summed E-state index contributed by atoms with van der Waals surface area (Å²) in [4.78, 5) is 142. The molecular formula is C63H80ClN13O15. The van der Waals surface area contributed by atoms with Crippen LogP contribution in [0.5, 0.6) is 5.75 Å². The largest absolute Gasteiger partial charge is 0.495 e. The number of aliphatic carboxylic acids is 1. The SMILES string of the molecule is COc1ccc(C[C@H]2NC(=O)/C=C/C[C@@H]([C@H](C)[C@H]3O[C@@H]3c3ccccc3)OC(=O)[C@H](CC(C)C)OC(=O)[C@@H](CCCn3cc(C[C@@H]4NC(=O)[C@@H](Cc5ccccc5)NC(=O)[C@H](CC(=O)O)NC(=O)CNC(=O)[C@H](CCCN=C(N)N)NC4=O)nn3)CNC2=O)cc1Cl. The van der Waals surface area contributed by atoms with Crippen molar-refractivity contribution in [3.8, 4) is 5.75 Å². The number of rotatable bonds is 22. The van der Waals surface area contributed by atoms with E-state index in [-0.39, 0.29) is 112 Å². The molecule has 0 saturated carbocycles. The summed E-state index contributed by atoms with van der Waals surface area (Å²) in [5, 5.41) is 36.7. The van der Waals surface area contributed by atoms with Gasteiger partial charge in [0.15, 0.2) is 12.1 Å². The number of hydrogen-bond acceptors (Lipinski definition) is 17. The molecule has 0 bridgehead atoms. The average Bonchev–Trinajstić information content (AvgIpc) is 1.87. The molecule has 1 aromatic heterocycles. The van der Waals surface area contributed by atoms with Gasteiger partial charge in [0.1, 0.15) is 48.2 Å². The van der Waals surface area contributed by atoms with Gasteiger partial charge in [0.2, 0.25) is 41.4 Å². The molecule has 7 rings (SSSR count). The minimum absolute atomic E-state index is 0.0188. The standard InChI is InChI=1S/C63H80ClN13O15/c1-35(2)26-50-62(88)90-48(36(3)54-55(92-54)39-16-9-6-10-17-39)20-11-21-51(78)70-44(29-38-22-23-49(89-4)42(64)27-38)57(83)68-32-40(61(87)91-50)18-13-25-77-34-41(75-76-77)30-46-59(85)72-43(19-12-24-67-63(65)66)56(82)69-33-52(79)71-47(31-53(80)81)60(86)73-45(58(84)74-46)28-37-14-7-5-8-15-37/h5-11,14-17,21-23,27,34-36,40,43-48,50,54-55H,12-13,18-20,24-26,28-33H2,1-4H3,(H,68,83)(H,69,82)(H,70,78)(H,71,79)(H,72,85)(H,73,86)(H,74,84)(H,80,81)(H4,65,66,67)/b21-11+/t36-,40-,43-,44+,45+,46-,47-,48-,50-,54+,55+/m0/s1. The van der Waals surface area contributed by atoms with Crippen LogP contribution in [0.2, 0.25) is 5.02 Å². The van der Waals surface area contributed by atoms with Gasteiger partial charge in [-0.15, -0.1) is 5.10 Å². The van der Waals surface area contributed by atoms with E-state index in [1.54, 1.807) is 54.6 Å². The first-order valence-corrected chi connectivity index (χ1v) is 30.8. The number of aliphatic imine (C=N–C) groups is 1. The van der Waals surface area contributed by atoms with Gasteiger partial charge in [-0.3, -0.25) is 52.8 Å². The van der Waals surface area contributed by atoms with E-state index in [2.05, 4.69) is 52.5 Å². The molecule has 3 aliphatic rings. The maximum atomic E-state index is 14.6. The maximum absolute atomic E-state index is 14.6. The molecule has 28 nitrogen and oxygen atoms in total. The highest BCUT2D eigenvalue weighted by Crippen LogP contribution is 2.45. The lowest BCUT2D eigenvalue weighted by molar-refractivity contribution is -0.176. The number of methoxy groups -OCH3 is 1. The number of carboxylic acid groups (broad SMARTS) is 1. The Morgan fingerprint density at radius 2 is 1.40 bits per heavy atom. The molecule has 2 saturated heterocycles. The molecule has 12 N–H and O–H groups in total. The Kier molecular flexibility index (Phi) is 26.0. The van der Waals surface area contributed by atoms with Crippen LogP contribution in [0.4, 0.5) is 0 Å². The highest BCUT2D eigenvalue weighted by atomic mass is 35.5. The van der Waals surface area contributed by atoms with E-state index in [0.717, 1.165) is 5.56 Å². The van der Waals surface area contributed by atoms with E-state index in [1.807, 2.05) is 51.1 Å². The van der Waals surface area contributed by atoms with Crippen LogP contribution < -0.4 is 53.4 Å². The predicted molar refractivity (Wildman–Crippen MR) is 332 cm³/mol. The Labute approximate surface area is 536 Å². The number of cyclic esters (lactones) is 2. The quantitative estimate of drug-likeness (QED) is 0.0174. The van der Waals surface area contributed by atoms with Crippen LogP contribution in [-0.4, -0.2) is 161 Å². The molecule has 7 amide bonds. The van der Waals surface area contributed by atoms with Crippen molar-refractivity contribution in [3.63, 3.8) is 0 Å². The second-order valence-electron chi connectivity index (χ2n) is 23.2. The lowest BCUT2D eigenvalue weighted by atomic mass is 9.93. The third-order valence-electron chi connectivity index (χ3n) is 15.5. The van der Waals surface area contributed by atoms with Crippen LogP contribution in [0.3, 0.4) is 0 Å². The van der Waals surface area contributed by atoms with E-state index in [1.165, 1.54) is 24.1 Å².